The number of hydrogen-bond acceptors (Lipinski definition) is 5. The van der Waals surface area contributed by atoms with Crippen LogP contribution in [0.2, 0.25) is 0 Å². The predicted molar refractivity (Wildman–Crippen MR) is 83.2 cm³/mol. The maximum Gasteiger partial charge on any atom is 0.240 e. The van der Waals surface area contributed by atoms with Crippen LogP contribution in [0.1, 0.15) is 11.4 Å². The second-order valence-corrected chi connectivity index (χ2v) is 7.21. The lowest BCUT2D eigenvalue weighted by Crippen LogP contribution is -2.27. The molecule has 9 heteroatoms. The quantitative estimate of drug-likeness (QED) is 0.760. The maximum atomic E-state index is 12.3. The Labute approximate surface area is 131 Å². The molecule has 1 heterocycles. The number of anilines is 1. The summed E-state index contributed by atoms with van der Waals surface area (Å²) in [7, 11) is -1.85. The number of nitrogens with zero attached hydrogens (tertiary/aromatic N) is 3. The number of aromatic nitrogens is 3. The largest absolute Gasteiger partial charge is 0.398 e. The van der Waals surface area contributed by atoms with Crippen molar-refractivity contribution in [1.29, 1.82) is 0 Å². The molecule has 0 aliphatic carbocycles. The van der Waals surface area contributed by atoms with Crippen LogP contribution in [0.4, 0.5) is 5.69 Å². The molecule has 2 aromatic rings. The van der Waals surface area contributed by atoms with Gasteiger partial charge in [0, 0.05) is 30.2 Å². The highest BCUT2D eigenvalue weighted by Crippen LogP contribution is 2.26. The lowest BCUT2D eigenvalue weighted by atomic mass is 10.2. The van der Waals surface area contributed by atoms with E-state index in [0.29, 0.717) is 28.0 Å². The maximum absolute atomic E-state index is 12.3. The fraction of sp³-hybridized carbons (Fsp3) is 0.333. The van der Waals surface area contributed by atoms with Gasteiger partial charge in [0.25, 0.3) is 0 Å². The number of nitrogens with one attached hydrogen (secondary N) is 1. The van der Waals surface area contributed by atoms with Crippen LogP contribution in [-0.4, -0.2) is 29.7 Å². The number of aryl methyl sites for hydroxylation is 2. The minimum Gasteiger partial charge on any atom is -0.398 e. The van der Waals surface area contributed by atoms with Crippen LogP contribution in [0.15, 0.2) is 27.8 Å². The molecule has 21 heavy (non-hydrogen) atoms. The molecule has 0 spiro atoms. The molecule has 0 aliphatic heterocycles. The molecule has 0 bridgehead atoms. The van der Waals surface area contributed by atoms with Crippen LogP contribution >= 0.6 is 15.9 Å². The van der Waals surface area contributed by atoms with Crippen LogP contribution in [-0.2, 0) is 23.5 Å². The Balaban J connectivity index is 2.10. The van der Waals surface area contributed by atoms with Crippen LogP contribution in [0.3, 0.4) is 0 Å². The fourth-order valence-corrected chi connectivity index (χ4v) is 3.58. The van der Waals surface area contributed by atoms with Gasteiger partial charge in [-0.2, -0.15) is 5.10 Å². The lowest BCUT2D eigenvalue weighted by molar-refractivity contribution is 0.580. The predicted octanol–water partition coefficient (Wildman–Crippen LogP) is 0.989. The molecule has 1 aromatic carbocycles. The summed E-state index contributed by atoms with van der Waals surface area (Å²) in [4.78, 5) is 4.22. The zero-order chi connectivity index (χ0) is 15.6. The number of sulfonamides is 1. The van der Waals surface area contributed by atoms with E-state index in [2.05, 4.69) is 30.7 Å². The Morgan fingerprint density at radius 1 is 1.43 bits per heavy atom. The summed E-state index contributed by atoms with van der Waals surface area (Å²) < 4.78 is 29.4. The van der Waals surface area contributed by atoms with E-state index in [1.165, 1.54) is 6.07 Å². The molecule has 1 aromatic heterocycles. The van der Waals surface area contributed by atoms with Crippen LogP contribution in [0, 0.1) is 6.92 Å². The van der Waals surface area contributed by atoms with Gasteiger partial charge < -0.3 is 5.73 Å². The fourth-order valence-electron chi connectivity index (χ4n) is 1.83. The highest BCUT2D eigenvalue weighted by Gasteiger charge is 2.18. The second-order valence-electron chi connectivity index (χ2n) is 4.62. The molecule has 114 valence electrons. The van der Waals surface area contributed by atoms with E-state index < -0.39 is 10.0 Å². The van der Waals surface area contributed by atoms with Gasteiger partial charge in [-0.1, -0.05) is 0 Å². The third-order valence-corrected chi connectivity index (χ3v) is 5.16. The molecular weight excluding hydrogens is 358 g/mol. The summed E-state index contributed by atoms with van der Waals surface area (Å²) in [6, 6.07) is 3.13. The van der Waals surface area contributed by atoms with Crippen molar-refractivity contribution in [2.75, 3.05) is 12.3 Å². The Morgan fingerprint density at radius 2 is 2.14 bits per heavy atom. The number of halogens is 1. The van der Waals surface area contributed by atoms with E-state index in [-0.39, 0.29) is 11.4 Å². The third-order valence-electron chi connectivity index (χ3n) is 2.87. The van der Waals surface area contributed by atoms with Crippen molar-refractivity contribution < 1.29 is 8.42 Å². The first-order valence-electron chi connectivity index (χ1n) is 6.19. The van der Waals surface area contributed by atoms with Crippen molar-refractivity contribution in [3.05, 3.63) is 34.3 Å². The van der Waals surface area contributed by atoms with Gasteiger partial charge in [0.15, 0.2) is 5.82 Å². The molecule has 0 atom stereocenters. The minimum absolute atomic E-state index is 0.178. The van der Waals surface area contributed by atoms with E-state index in [9.17, 15) is 8.42 Å². The smallest absolute Gasteiger partial charge is 0.240 e. The highest BCUT2D eigenvalue weighted by atomic mass is 79.9. The van der Waals surface area contributed by atoms with E-state index in [0.717, 1.165) is 0 Å². The Hall–Kier alpha value is -1.45. The van der Waals surface area contributed by atoms with Gasteiger partial charge in [-0.15, -0.1) is 0 Å². The van der Waals surface area contributed by atoms with Crippen LogP contribution in [0.25, 0.3) is 0 Å². The van der Waals surface area contributed by atoms with E-state index >= 15 is 0 Å². The van der Waals surface area contributed by atoms with Crippen molar-refractivity contribution >= 4 is 31.6 Å². The number of nitrogens with two attached hydrogens (primary N) is 1. The standard InChI is InChI=1S/C12H16BrN5O2S/c1-8-5-9(13)10(14)6-11(8)21(19,20)16-4-3-12-15-7-18(2)17-12/h5-7,16H,3-4,14H2,1-2H3. The molecule has 0 unspecified atom stereocenters. The first kappa shape index (κ1) is 15.9. The molecule has 2 rings (SSSR count). The van der Waals surface area contributed by atoms with Gasteiger partial charge in [-0.25, -0.2) is 18.1 Å². The first-order chi connectivity index (χ1) is 9.79. The van der Waals surface area contributed by atoms with Crippen molar-refractivity contribution in [2.45, 2.75) is 18.2 Å². The summed E-state index contributed by atoms with van der Waals surface area (Å²) in [6.07, 6.45) is 1.99. The van der Waals surface area contributed by atoms with Crippen LogP contribution in [0.5, 0.6) is 0 Å². The van der Waals surface area contributed by atoms with Crippen molar-refractivity contribution in [1.82, 2.24) is 19.5 Å². The van der Waals surface area contributed by atoms with Gasteiger partial charge in [0.1, 0.15) is 6.33 Å². The van der Waals surface area contributed by atoms with E-state index in [4.69, 9.17) is 5.73 Å². The van der Waals surface area contributed by atoms with Gasteiger partial charge in [-0.3, -0.25) is 4.68 Å². The summed E-state index contributed by atoms with van der Waals surface area (Å²) in [6.45, 7) is 1.95. The van der Waals surface area contributed by atoms with Gasteiger partial charge in [0.05, 0.1) is 4.90 Å². The molecule has 0 fully saturated rings. The van der Waals surface area contributed by atoms with E-state index in [1.807, 2.05) is 0 Å². The normalized spacial score (nSPS) is 11.8. The molecule has 0 amide bonds. The summed E-state index contributed by atoms with van der Waals surface area (Å²) >= 11 is 3.27. The molecule has 7 nitrogen and oxygen atoms in total. The zero-order valence-electron chi connectivity index (χ0n) is 11.7. The van der Waals surface area contributed by atoms with Crippen molar-refractivity contribution in [3.8, 4) is 0 Å². The monoisotopic (exact) mass is 373 g/mol. The number of benzene rings is 1. The first-order valence-corrected chi connectivity index (χ1v) is 8.47. The lowest BCUT2D eigenvalue weighted by Gasteiger charge is -2.10. The number of rotatable bonds is 5. The van der Waals surface area contributed by atoms with Crippen LogP contribution < -0.4 is 10.5 Å². The average Bonchev–Trinajstić information content (AvgIpc) is 2.79. The SMILES string of the molecule is Cc1cc(Br)c(N)cc1S(=O)(=O)NCCc1ncn(C)n1. The number of hydrogen-bond donors (Lipinski definition) is 2. The van der Waals surface area contributed by atoms with E-state index in [1.54, 1.807) is 31.0 Å². The van der Waals surface area contributed by atoms with Crippen molar-refractivity contribution in [2.24, 2.45) is 7.05 Å². The molecule has 0 saturated carbocycles. The van der Waals surface area contributed by atoms with Gasteiger partial charge in [0.2, 0.25) is 10.0 Å². The Bertz CT molecular complexity index is 757. The molecular formula is C12H16BrN5O2S. The summed E-state index contributed by atoms with van der Waals surface area (Å²) in [5.74, 6) is 0.590. The Kier molecular flexibility index (Phi) is 4.64. The van der Waals surface area contributed by atoms with Gasteiger partial charge in [-0.05, 0) is 40.5 Å². The summed E-state index contributed by atoms with van der Waals surface area (Å²) in [5.41, 5.74) is 6.75. The van der Waals surface area contributed by atoms with Crippen molar-refractivity contribution in [3.63, 3.8) is 0 Å². The topological polar surface area (TPSA) is 103 Å². The Morgan fingerprint density at radius 3 is 2.76 bits per heavy atom. The second kappa shape index (κ2) is 6.12. The average molecular weight is 374 g/mol. The molecule has 0 saturated heterocycles. The molecule has 3 N–H and O–H groups in total. The molecule has 0 radical (unpaired) electrons. The summed E-state index contributed by atoms with van der Waals surface area (Å²) in [5, 5.41) is 4.09. The zero-order valence-corrected chi connectivity index (χ0v) is 14.1. The highest BCUT2D eigenvalue weighted by molar-refractivity contribution is 9.10. The molecule has 0 aliphatic rings. The number of nitrogen functional groups attached to an aromatic ring is 1. The van der Waals surface area contributed by atoms with Gasteiger partial charge >= 0.3 is 0 Å². The third kappa shape index (κ3) is 3.80. The minimum atomic E-state index is -3.61.